The summed E-state index contributed by atoms with van der Waals surface area (Å²) in [5.74, 6) is -3.28. The van der Waals surface area contributed by atoms with E-state index in [4.69, 9.17) is 9.84 Å². The number of aliphatic carboxylic acids is 1. The first kappa shape index (κ1) is 22.4. The lowest BCUT2D eigenvalue weighted by atomic mass is 10.0. The summed E-state index contributed by atoms with van der Waals surface area (Å²) in [7, 11) is 0. The average Bonchev–Trinajstić information content (AvgIpc) is 3.41. The Morgan fingerprint density at radius 1 is 1.19 bits per heavy atom. The Hall–Kier alpha value is -2.77. The molecule has 0 aliphatic carbocycles. The van der Waals surface area contributed by atoms with Crippen LogP contribution in [0.2, 0.25) is 0 Å². The largest absolute Gasteiger partial charge is 0.488 e. The Morgan fingerprint density at radius 2 is 1.91 bits per heavy atom. The monoisotopic (exact) mass is 457 g/mol. The lowest BCUT2D eigenvalue weighted by Gasteiger charge is -2.15. The Kier molecular flexibility index (Phi) is 6.58. The summed E-state index contributed by atoms with van der Waals surface area (Å²) in [4.78, 5) is 14.0. The Labute approximate surface area is 190 Å². The predicted molar refractivity (Wildman–Crippen MR) is 121 cm³/mol. The van der Waals surface area contributed by atoms with Gasteiger partial charge in [0.1, 0.15) is 12.4 Å². The van der Waals surface area contributed by atoms with Crippen LogP contribution in [0.25, 0.3) is 11.1 Å². The third-order valence-corrected chi connectivity index (χ3v) is 6.88. The minimum absolute atomic E-state index is 0.0444. The molecule has 1 aliphatic rings. The molecule has 4 rings (SSSR count). The van der Waals surface area contributed by atoms with Crippen LogP contribution < -0.4 is 4.74 Å². The van der Waals surface area contributed by atoms with E-state index in [1.807, 2.05) is 54.6 Å². The van der Waals surface area contributed by atoms with Crippen molar-refractivity contribution in [3.63, 3.8) is 0 Å². The average molecular weight is 458 g/mol. The molecule has 1 saturated heterocycles. The van der Waals surface area contributed by atoms with Crippen LogP contribution in [0.5, 0.6) is 5.75 Å². The van der Waals surface area contributed by atoms with Gasteiger partial charge >= 0.3 is 5.97 Å². The van der Waals surface area contributed by atoms with Crippen molar-refractivity contribution in [3.05, 3.63) is 76.0 Å². The number of likely N-dealkylation sites (tertiary alicyclic amines) is 1. The van der Waals surface area contributed by atoms with Gasteiger partial charge in [-0.1, -0.05) is 42.5 Å². The van der Waals surface area contributed by atoms with Crippen LogP contribution in [0, 0.1) is 5.92 Å². The molecule has 1 aliphatic heterocycles. The summed E-state index contributed by atoms with van der Waals surface area (Å²) in [5, 5.41) is 9.13. The fourth-order valence-electron chi connectivity index (χ4n) is 3.95. The van der Waals surface area contributed by atoms with Gasteiger partial charge in [-0.25, -0.2) is 8.78 Å². The van der Waals surface area contributed by atoms with Gasteiger partial charge in [0, 0.05) is 30.5 Å². The zero-order chi connectivity index (χ0) is 22.7. The molecule has 0 radical (unpaired) electrons. The van der Waals surface area contributed by atoms with E-state index in [-0.39, 0.29) is 17.4 Å². The van der Waals surface area contributed by atoms with E-state index in [1.165, 1.54) is 0 Å². The first-order chi connectivity index (χ1) is 15.3. The van der Waals surface area contributed by atoms with Crippen molar-refractivity contribution in [2.24, 2.45) is 5.92 Å². The minimum Gasteiger partial charge on any atom is -0.488 e. The second-order valence-electron chi connectivity index (χ2n) is 8.20. The van der Waals surface area contributed by atoms with Gasteiger partial charge in [-0.2, -0.15) is 0 Å². The van der Waals surface area contributed by atoms with E-state index in [0.29, 0.717) is 30.8 Å². The maximum atomic E-state index is 14.2. The van der Waals surface area contributed by atoms with Crippen molar-refractivity contribution >= 4 is 17.3 Å². The molecule has 1 unspecified atom stereocenters. The summed E-state index contributed by atoms with van der Waals surface area (Å²) in [6, 6.07) is 18.6. The first-order valence-electron chi connectivity index (χ1n) is 10.5. The number of rotatable bonds is 8. The molecule has 0 spiro atoms. The summed E-state index contributed by atoms with van der Waals surface area (Å²) < 4.78 is 34.2. The summed E-state index contributed by atoms with van der Waals surface area (Å²) in [5.41, 5.74) is 2.39. The molecule has 0 amide bonds. The molecular weight excluding hydrogens is 432 g/mol. The molecule has 4 nitrogen and oxygen atoms in total. The van der Waals surface area contributed by atoms with E-state index in [9.17, 15) is 13.6 Å². The van der Waals surface area contributed by atoms with Crippen LogP contribution in [-0.4, -0.2) is 29.1 Å². The molecule has 3 aromatic rings. The number of nitrogens with zero attached hydrogens (tertiary/aromatic N) is 1. The molecule has 0 bridgehead atoms. The summed E-state index contributed by atoms with van der Waals surface area (Å²) >= 11 is 1.08. The van der Waals surface area contributed by atoms with Crippen molar-refractivity contribution in [2.45, 2.75) is 32.4 Å². The smallest absolute Gasteiger partial charge is 0.307 e. The number of carbonyl (C=O) groups is 1. The standard InChI is InChI=1S/C25H25F2NO3S/c1-25(26,27)23-22(18-5-3-2-4-6-18)13-21(32-23)16-31-20-9-7-17(8-10-20)14-28-12-11-19(15-28)24(29)30/h2-10,13,19H,11-12,14-16H2,1H3,(H,29,30). The van der Waals surface area contributed by atoms with Gasteiger partial charge in [0.25, 0.3) is 5.92 Å². The van der Waals surface area contributed by atoms with Gasteiger partial charge in [-0.05, 0) is 42.3 Å². The number of hydrogen-bond donors (Lipinski definition) is 1. The van der Waals surface area contributed by atoms with Gasteiger partial charge in [-0.15, -0.1) is 11.3 Å². The molecular formula is C25H25F2NO3S. The molecule has 7 heteroatoms. The first-order valence-corrected chi connectivity index (χ1v) is 11.3. The van der Waals surface area contributed by atoms with Crippen molar-refractivity contribution in [1.82, 2.24) is 4.90 Å². The highest BCUT2D eigenvalue weighted by atomic mass is 32.1. The molecule has 1 N–H and O–H groups in total. The molecule has 2 heterocycles. The third kappa shape index (κ3) is 5.34. The predicted octanol–water partition coefficient (Wildman–Crippen LogP) is 6.01. The van der Waals surface area contributed by atoms with Gasteiger partial charge in [0.05, 0.1) is 10.8 Å². The van der Waals surface area contributed by atoms with Crippen LogP contribution in [0.4, 0.5) is 8.78 Å². The van der Waals surface area contributed by atoms with E-state index in [2.05, 4.69) is 4.90 Å². The minimum atomic E-state index is -2.93. The second kappa shape index (κ2) is 9.38. The molecule has 0 saturated carbocycles. The van der Waals surface area contributed by atoms with E-state index in [1.54, 1.807) is 6.07 Å². The van der Waals surface area contributed by atoms with Gasteiger partial charge < -0.3 is 9.84 Å². The van der Waals surface area contributed by atoms with Crippen molar-refractivity contribution < 1.29 is 23.4 Å². The molecule has 1 aromatic heterocycles. The number of alkyl halides is 2. The topological polar surface area (TPSA) is 49.8 Å². The van der Waals surface area contributed by atoms with Crippen molar-refractivity contribution in [1.29, 1.82) is 0 Å². The highest BCUT2D eigenvalue weighted by Gasteiger charge is 2.31. The quantitative estimate of drug-likeness (QED) is 0.450. The maximum Gasteiger partial charge on any atom is 0.307 e. The molecule has 1 atom stereocenters. The fourth-order valence-corrected chi connectivity index (χ4v) is 4.98. The Balaban J connectivity index is 1.40. The van der Waals surface area contributed by atoms with Gasteiger partial charge in [0.2, 0.25) is 0 Å². The number of benzene rings is 2. The van der Waals surface area contributed by atoms with Crippen molar-refractivity contribution in [3.8, 4) is 16.9 Å². The number of carboxylic acid groups (broad SMARTS) is 1. The molecule has 32 heavy (non-hydrogen) atoms. The third-order valence-electron chi connectivity index (χ3n) is 5.60. The molecule has 168 valence electrons. The zero-order valence-electron chi connectivity index (χ0n) is 17.8. The van der Waals surface area contributed by atoms with Crippen molar-refractivity contribution in [2.75, 3.05) is 13.1 Å². The van der Waals surface area contributed by atoms with Crippen LogP contribution in [0.1, 0.15) is 28.7 Å². The SMILES string of the molecule is CC(F)(F)c1sc(COc2ccc(CN3CCC(C(=O)O)C3)cc2)cc1-c1ccccc1. The van der Waals surface area contributed by atoms with E-state index >= 15 is 0 Å². The lowest BCUT2D eigenvalue weighted by molar-refractivity contribution is -0.141. The number of hydrogen-bond acceptors (Lipinski definition) is 4. The number of thiophene rings is 1. The van der Waals surface area contributed by atoms with Crippen LogP contribution >= 0.6 is 11.3 Å². The Bertz CT molecular complexity index is 1060. The van der Waals surface area contributed by atoms with E-state index in [0.717, 1.165) is 40.8 Å². The van der Waals surface area contributed by atoms with Gasteiger partial charge in [0.15, 0.2) is 0 Å². The summed E-state index contributed by atoms with van der Waals surface area (Å²) in [6.45, 7) is 3.19. The number of ether oxygens (including phenoxy) is 1. The highest BCUT2D eigenvalue weighted by Crippen LogP contribution is 2.41. The molecule has 1 fully saturated rings. The highest BCUT2D eigenvalue weighted by molar-refractivity contribution is 7.12. The number of carboxylic acids is 1. The Morgan fingerprint density at radius 3 is 2.53 bits per heavy atom. The second-order valence-corrected chi connectivity index (χ2v) is 9.34. The van der Waals surface area contributed by atoms with Gasteiger partial charge in [-0.3, -0.25) is 9.69 Å². The summed E-state index contributed by atoms with van der Waals surface area (Å²) in [6.07, 6.45) is 0.682. The van der Waals surface area contributed by atoms with E-state index < -0.39 is 11.9 Å². The fraction of sp³-hybridized carbons (Fsp3) is 0.320. The molecule has 2 aromatic carbocycles. The van der Waals surface area contributed by atoms with Crippen LogP contribution in [-0.2, 0) is 23.9 Å². The van der Waals surface area contributed by atoms with Crippen LogP contribution in [0.3, 0.4) is 0 Å². The number of halogens is 2. The zero-order valence-corrected chi connectivity index (χ0v) is 18.6. The normalized spacial score (nSPS) is 16.9. The lowest BCUT2D eigenvalue weighted by Crippen LogP contribution is -2.22. The maximum absolute atomic E-state index is 14.2. The van der Waals surface area contributed by atoms with Crippen LogP contribution in [0.15, 0.2) is 60.7 Å².